The van der Waals surface area contributed by atoms with E-state index in [1.807, 2.05) is 12.1 Å². The summed E-state index contributed by atoms with van der Waals surface area (Å²) in [6, 6.07) is 9.17. The highest BCUT2D eigenvalue weighted by molar-refractivity contribution is 6.36. The lowest BCUT2D eigenvalue weighted by molar-refractivity contribution is -0.140. The predicted octanol–water partition coefficient (Wildman–Crippen LogP) is 4.56. The lowest BCUT2D eigenvalue weighted by Gasteiger charge is -2.31. The van der Waals surface area contributed by atoms with Gasteiger partial charge in [0.1, 0.15) is 0 Å². The van der Waals surface area contributed by atoms with E-state index in [1.165, 1.54) is 19.3 Å². The fraction of sp³-hybridized carbons (Fsp3) is 0.444. The van der Waals surface area contributed by atoms with Gasteiger partial charge in [-0.15, -0.1) is 0 Å². The molecule has 1 heterocycles. The molecule has 0 radical (unpaired) electrons. The monoisotopic (exact) mass is 532 g/mol. The van der Waals surface area contributed by atoms with Gasteiger partial charge in [-0.2, -0.15) is 0 Å². The lowest BCUT2D eigenvalue weighted by Crippen LogP contribution is -2.43. The molecule has 2 aromatic rings. The van der Waals surface area contributed by atoms with E-state index in [-0.39, 0.29) is 17.4 Å². The molecule has 2 aromatic carbocycles. The van der Waals surface area contributed by atoms with Crippen molar-refractivity contribution in [1.82, 2.24) is 10.2 Å². The highest BCUT2D eigenvalue weighted by atomic mass is 35.5. The third-order valence-electron chi connectivity index (χ3n) is 7.22. The first-order valence-electron chi connectivity index (χ1n) is 12.3. The number of carboxylic acids is 1. The summed E-state index contributed by atoms with van der Waals surface area (Å²) < 4.78 is 0. The summed E-state index contributed by atoms with van der Waals surface area (Å²) in [5.41, 5.74) is 2.57. The molecule has 2 fully saturated rings. The minimum atomic E-state index is -1.37. The van der Waals surface area contributed by atoms with Crippen molar-refractivity contribution in [2.45, 2.75) is 57.0 Å². The van der Waals surface area contributed by atoms with Gasteiger partial charge >= 0.3 is 5.97 Å². The van der Waals surface area contributed by atoms with Crippen molar-refractivity contribution in [2.75, 3.05) is 13.2 Å². The van der Waals surface area contributed by atoms with E-state index in [0.717, 1.165) is 42.5 Å². The molecule has 1 unspecified atom stereocenters. The molecule has 1 saturated carbocycles. The minimum absolute atomic E-state index is 0.112. The molecule has 3 N–H and O–H groups in total. The number of benzene rings is 2. The second-order valence-electron chi connectivity index (χ2n) is 9.56. The third-order valence-corrected chi connectivity index (χ3v) is 7.90. The number of rotatable bonds is 8. The topological polar surface area (TPSA) is 107 Å². The molecule has 1 saturated heterocycles. The maximum Gasteiger partial charge on any atom is 0.328 e. The van der Waals surface area contributed by atoms with Crippen molar-refractivity contribution in [2.24, 2.45) is 5.92 Å². The fourth-order valence-electron chi connectivity index (χ4n) is 5.16. The van der Waals surface area contributed by atoms with E-state index in [1.54, 1.807) is 24.3 Å². The average molecular weight is 533 g/mol. The molecule has 7 nitrogen and oxygen atoms in total. The van der Waals surface area contributed by atoms with E-state index < -0.39 is 24.5 Å². The van der Waals surface area contributed by atoms with Crippen LogP contribution in [-0.4, -0.2) is 58.1 Å². The number of carbonyl (C=O) groups excluding carboxylic acids is 2. The molecule has 1 aliphatic heterocycles. The molecular weight excluding hydrogens is 503 g/mol. The summed E-state index contributed by atoms with van der Waals surface area (Å²) >= 11 is 13.3. The normalized spacial score (nSPS) is 19.4. The molecular formula is C27H30Cl2N2O5. The number of aliphatic hydroxyl groups is 1. The van der Waals surface area contributed by atoms with Crippen molar-refractivity contribution >= 4 is 41.0 Å². The summed E-state index contributed by atoms with van der Waals surface area (Å²) in [6.07, 6.45) is 7.14. The van der Waals surface area contributed by atoms with Gasteiger partial charge in [0.25, 0.3) is 5.91 Å². The highest BCUT2D eigenvalue weighted by Crippen LogP contribution is 2.36. The van der Waals surface area contributed by atoms with Gasteiger partial charge in [-0.1, -0.05) is 54.6 Å². The number of aliphatic hydroxyl groups excluding tert-OH is 1. The molecule has 2 aliphatic rings. The van der Waals surface area contributed by atoms with Gasteiger partial charge in [0.15, 0.2) is 6.04 Å². The Morgan fingerprint density at radius 3 is 2.22 bits per heavy atom. The number of aliphatic carboxylic acids is 1. The summed E-state index contributed by atoms with van der Waals surface area (Å²) in [5.74, 6) is -1.82. The van der Waals surface area contributed by atoms with Gasteiger partial charge in [-0.3, -0.25) is 9.59 Å². The molecule has 192 valence electrons. The first-order valence-corrected chi connectivity index (χ1v) is 13.1. The van der Waals surface area contributed by atoms with Crippen LogP contribution in [0.2, 0.25) is 10.0 Å². The van der Waals surface area contributed by atoms with Crippen LogP contribution in [0.1, 0.15) is 54.4 Å². The maximum absolute atomic E-state index is 13.1. The van der Waals surface area contributed by atoms with E-state index >= 15 is 0 Å². The quantitative estimate of drug-likeness (QED) is 0.461. The SMILES string of the molecule is O=C(N[C@H](CO)C(=O)O)c1ccc(-c2cc(Cl)c(CC3CCN(C4CCCCC4)C3=O)c(Cl)c2)cc1. The zero-order valence-electron chi connectivity index (χ0n) is 19.9. The van der Waals surface area contributed by atoms with Crippen molar-refractivity contribution in [3.63, 3.8) is 0 Å². The van der Waals surface area contributed by atoms with Gasteiger partial charge in [-0.05, 0) is 66.6 Å². The summed E-state index contributed by atoms with van der Waals surface area (Å²) in [4.78, 5) is 38.5. The Hall–Kier alpha value is -2.61. The zero-order valence-corrected chi connectivity index (χ0v) is 21.4. The van der Waals surface area contributed by atoms with E-state index in [9.17, 15) is 14.4 Å². The number of nitrogens with zero attached hydrogens (tertiary/aromatic N) is 1. The molecule has 36 heavy (non-hydrogen) atoms. The Bertz CT molecular complexity index is 1110. The number of nitrogens with one attached hydrogen (secondary N) is 1. The maximum atomic E-state index is 13.1. The Balaban J connectivity index is 1.44. The smallest absolute Gasteiger partial charge is 0.328 e. The third kappa shape index (κ3) is 5.85. The molecule has 0 spiro atoms. The number of hydrogen-bond acceptors (Lipinski definition) is 4. The molecule has 9 heteroatoms. The number of carboxylic acid groups (broad SMARTS) is 1. The van der Waals surface area contributed by atoms with Crippen molar-refractivity contribution in [1.29, 1.82) is 0 Å². The largest absolute Gasteiger partial charge is 0.480 e. The van der Waals surface area contributed by atoms with Gasteiger partial charge < -0.3 is 20.4 Å². The van der Waals surface area contributed by atoms with Crippen molar-refractivity contribution in [3.8, 4) is 11.1 Å². The average Bonchev–Trinajstić information content (AvgIpc) is 3.24. The van der Waals surface area contributed by atoms with Crippen LogP contribution in [0.3, 0.4) is 0 Å². The number of amides is 2. The van der Waals surface area contributed by atoms with Crippen molar-refractivity contribution < 1.29 is 24.6 Å². The van der Waals surface area contributed by atoms with Crippen LogP contribution in [0.4, 0.5) is 0 Å². The molecule has 0 bridgehead atoms. The van der Waals surface area contributed by atoms with Crippen LogP contribution in [0.15, 0.2) is 36.4 Å². The summed E-state index contributed by atoms with van der Waals surface area (Å²) in [5, 5.41) is 21.3. The first-order chi connectivity index (χ1) is 17.3. The van der Waals surface area contributed by atoms with Gasteiger partial charge in [0.05, 0.1) is 6.61 Å². The van der Waals surface area contributed by atoms with Crippen LogP contribution >= 0.6 is 23.2 Å². The predicted molar refractivity (Wildman–Crippen MR) is 138 cm³/mol. The second-order valence-corrected chi connectivity index (χ2v) is 10.4. The first kappa shape index (κ1) is 26.5. The number of likely N-dealkylation sites (tertiary alicyclic amines) is 1. The molecule has 2 atom stereocenters. The standard InChI is InChI=1S/C27H30Cl2N2O5/c28-22-13-19(16-6-8-17(9-7-16)25(33)30-24(15-32)27(35)36)14-23(29)21(22)12-18-10-11-31(26(18)34)20-4-2-1-3-5-20/h6-9,13-14,18,20,24,32H,1-5,10-12,15H2,(H,30,33)(H,35,36)/t18?,24-/m1/s1. The van der Waals surface area contributed by atoms with Gasteiger partial charge in [-0.25, -0.2) is 4.79 Å². The van der Waals surface area contributed by atoms with Crippen LogP contribution in [0, 0.1) is 5.92 Å². The van der Waals surface area contributed by atoms with E-state index in [4.69, 9.17) is 33.4 Å². The van der Waals surface area contributed by atoms with Crippen LogP contribution in [0.25, 0.3) is 11.1 Å². The summed E-state index contributed by atoms with van der Waals surface area (Å²) in [6.45, 7) is 0.0977. The number of halogens is 2. The van der Waals surface area contributed by atoms with E-state index in [0.29, 0.717) is 22.5 Å². The number of carbonyl (C=O) groups is 3. The number of hydrogen-bond donors (Lipinski definition) is 3. The highest BCUT2D eigenvalue weighted by Gasteiger charge is 2.36. The fourth-order valence-corrected chi connectivity index (χ4v) is 5.80. The Morgan fingerprint density at radius 2 is 1.64 bits per heavy atom. The van der Waals surface area contributed by atoms with Crippen LogP contribution in [0.5, 0.6) is 0 Å². The van der Waals surface area contributed by atoms with Crippen LogP contribution < -0.4 is 5.32 Å². The summed E-state index contributed by atoms with van der Waals surface area (Å²) in [7, 11) is 0. The van der Waals surface area contributed by atoms with Gasteiger partial charge in [0, 0.05) is 34.1 Å². The van der Waals surface area contributed by atoms with Crippen LogP contribution in [-0.2, 0) is 16.0 Å². The zero-order chi connectivity index (χ0) is 25.8. The van der Waals surface area contributed by atoms with Gasteiger partial charge in [0.2, 0.25) is 5.91 Å². The lowest BCUT2D eigenvalue weighted by atomic mass is 9.93. The molecule has 2 amide bonds. The Kier molecular flexibility index (Phi) is 8.54. The Morgan fingerprint density at radius 1 is 1.00 bits per heavy atom. The molecule has 0 aromatic heterocycles. The molecule has 1 aliphatic carbocycles. The van der Waals surface area contributed by atoms with E-state index in [2.05, 4.69) is 10.2 Å². The molecule has 4 rings (SSSR count). The van der Waals surface area contributed by atoms with Crippen molar-refractivity contribution in [3.05, 3.63) is 57.6 Å². The Labute approximate surface area is 220 Å². The minimum Gasteiger partial charge on any atom is -0.480 e. The second kappa shape index (κ2) is 11.6.